The summed E-state index contributed by atoms with van der Waals surface area (Å²) in [5, 5.41) is 0.682. The van der Waals surface area contributed by atoms with Gasteiger partial charge in [-0.15, -0.1) is 0 Å². The number of halogens is 2. The van der Waals surface area contributed by atoms with Crippen LogP contribution in [0.1, 0.15) is 12.0 Å². The van der Waals surface area contributed by atoms with Gasteiger partial charge in [-0.05, 0) is 11.6 Å². The summed E-state index contributed by atoms with van der Waals surface area (Å²) >= 11 is 11.5. The molecule has 0 aromatic carbocycles. The Morgan fingerprint density at radius 3 is 2.92 bits per heavy atom. The molecule has 0 bridgehead atoms. The molecule has 0 saturated carbocycles. The van der Waals surface area contributed by atoms with Gasteiger partial charge in [0.05, 0.1) is 5.02 Å². The lowest BCUT2D eigenvalue weighted by Gasteiger charge is -1.97. The Morgan fingerprint density at radius 1 is 1.46 bits per heavy atom. The quantitative estimate of drug-likeness (QED) is 0.574. The van der Waals surface area contributed by atoms with Gasteiger partial charge in [0.25, 0.3) is 0 Å². The summed E-state index contributed by atoms with van der Waals surface area (Å²) in [7, 11) is 0. The first-order valence-corrected chi connectivity index (χ1v) is 4.41. The molecule has 0 atom stereocenters. The highest BCUT2D eigenvalue weighted by molar-refractivity contribution is 6.42. The second-order valence-electron chi connectivity index (χ2n) is 2.31. The fourth-order valence-corrected chi connectivity index (χ4v) is 1.15. The van der Waals surface area contributed by atoms with Gasteiger partial charge in [0.2, 0.25) is 0 Å². The Morgan fingerprint density at radius 2 is 2.23 bits per heavy atom. The van der Waals surface area contributed by atoms with Gasteiger partial charge < -0.3 is 4.79 Å². The van der Waals surface area contributed by atoms with Crippen molar-refractivity contribution >= 4 is 35.6 Å². The van der Waals surface area contributed by atoms with Crippen molar-refractivity contribution in [3.63, 3.8) is 0 Å². The van der Waals surface area contributed by atoms with Crippen LogP contribution in [0.2, 0.25) is 10.2 Å². The molecule has 0 fully saturated rings. The van der Waals surface area contributed by atoms with Gasteiger partial charge in [0.15, 0.2) is 0 Å². The number of carbonyl (C=O) groups is 1. The number of hydrogen-bond donors (Lipinski definition) is 0. The predicted octanol–water partition coefficient (Wildman–Crippen LogP) is 2.99. The first-order chi connectivity index (χ1) is 6.25. The average Bonchev–Trinajstić information content (AvgIpc) is 2.13. The van der Waals surface area contributed by atoms with Crippen LogP contribution < -0.4 is 0 Å². The maximum absolute atomic E-state index is 10.0. The van der Waals surface area contributed by atoms with Crippen molar-refractivity contribution in [2.45, 2.75) is 6.42 Å². The van der Waals surface area contributed by atoms with Crippen molar-refractivity contribution in [3.05, 3.63) is 34.1 Å². The zero-order valence-electron chi connectivity index (χ0n) is 6.71. The molecule has 1 rings (SSSR count). The normalized spacial score (nSPS) is 10.6. The fourth-order valence-electron chi connectivity index (χ4n) is 0.811. The number of carbonyl (C=O) groups excluding carboxylic acids is 1. The minimum absolute atomic E-state index is 0.273. The van der Waals surface area contributed by atoms with Crippen molar-refractivity contribution in [2.24, 2.45) is 0 Å². The first-order valence-electron chi connectivity index (χ1n) is 3.66. The maximum atomic E-state index is 10.0. The van der Waals surface area contributed by atoms with E-state index in [2.05, 4.69) is 4.98 Å². The number of allylic oxidation sites excluding steroid dienone is 1. The number of nitrogens with zero attached hydrogens (tertiary/aromatic N) is 1. The van der Waals surface area contributed by atoms with Gasteiger partial charge in [-0.1, -0.05) is 35.4 Å². The SMILES string of the molecule is O=CCC=Cc1ccnc(Cl)c1Cl. The standard InChI is InChI=1S/C9H7Cl2NO/c10-8-7(3-1-2-6-13)4-5-12-9(8)11/h1,3-6H,2H2. The van der Waals surface area contributed by atoms with E-state index in [1.807, 2.05) is 0 Å². The van der Waals surface area contributed by atoms with Crippen LogP contribution in [0.3, 0.4) is 0 Å². The number of pyridine rings is 1. The molecule has 13 heavy (non-hydrogen) atoms. The van der Waals surface area contributed by atoms with E-state index in [1.54, 1.807) is 24.4 Å². The highest BCUT2D eigenvalue weighted by atomic mass is 35.5. The van der Waals surface area contributed by atoms with E-state index in [-0.39, 0.29) is 5.15 Å². The molecule has 1 aromatic heterocycles. The van der Waals surface area contributed by atoms with Crippen molar-refractivity contribution in [1.82, 2.24) is 4.98 Å². The van der Waals surface area contributed by atoms with E-state index in [0.29, 0.717) is 11.4 Å². The summed E-state index contributed by atoms with van der Waals surface area (Å²) in [6.07, 6.45) is 6.20. The van der Waals surface area contributed by atoms with Crippen molar-refractivity contribution in [2.75, 3.05) is 0 Å². The predicted molar refractivity (Wildman–Crippen MR) is 54.0 cm³/mol. The largest absolute Gasteiger partial charge is 0.303 e. The molecule has 0 radical (unpaired) electrons. The highest BCUT2D eigenvalue weighted by Crippen LogP contribution is 2.23. The first kappa shape index (κ1) is 10.2. The van der Waals surface area contributed by atoms with Crippen molar-refractivity contribution in [3.8, 4) is 0 Å². The molecular formula is C9H7Cl2NO. The van der Waals surface area contributed by atoms with Crippen LogP contribution in [0.5, 0.6) is 0 Å². The molecule has 4 heteroatoms. The van der Waals surface area contributed by atoms with Gasteiger partial charge in [-0.2, -0.15) is 0 Å². The van der Waals surface area contributed by atoms with Crippen LogP contribution in [-0.2, 0) is 4.79 Å². The molecule has 0 spiro atoms. The lowest BCUT2D eigenvalue weighted by atomic mass is 10.2. The third kappa shape index (κ3) is 2.83. The second-order valence-corrected chi connectivity index (χ2v) is 3.05. The van der Waals surface area contributed by atoms with E-state index in [4.69, 9.17) is 23.2 Å². The van der Waals surface area contributed by atoms with Crippen molar-refractivity contribution in [1.29, 1.82) is 0 Å². The Bertz CT molecular complexity index is 336. The van der Waals surface area contributed by atoms with Gasteiger partial charge in [-0.25, -0.2) is 4.98 Å². The van der Waals surface area contributed by atoms with Crippen LogP contribution in [0.4, 0.5) is 0 Å². The molecule has 0 aliphatic rings. The van der Waals surface area contributed by atoms with Gasteiger partial charge >= 0.3 is 0 Å². The smallest absolute Gasteiger partial charge is 0.148 e. The van der Waals surface area contributed by atoms with E-state index in [1.165, 1.54) is 0 Å². The molecule has 0 amide bonds. The highest BCUT2D eigenvalue weighted by Gasteiger charge is 2.01. The summed E-state index contributed by atoms with van der Waals surface area (Å²) < 4.78 is 0. The van der Waals surface area contributed by atoms with Crippen LogP contribution in [0.25, 0.3) is 6.08 Å². The Labute approximate surface area is 86.2 Å². The second kappa shape index (κ2) is 5.00. The summed E-state index contributed by atoms with van der Waals surface area (Å²) in [6.45, 7) is 0. The summed E-state index contributed by atoms with van der Waals surface area (Å²) in [5.74, 6) is 0. The molecule has 68 valence electrons. The Hall–Kier alpha value is -0.860. The monoisotopic (exact) mass is 215 g/mol. The lowest BCUT2D eigenvalue weighted by molar-refractivity contribution is -0.107. The van der Waals surface area contributed by atoms with Gasteiger partial charge in [0, 0.05) is 12.6 Å². The van der Waals surface area contributed by atoms with E-state index >= 15 is 0 Å². The maximum Gasteiger partial charge on any atom is 0.148 e. The molecule has 1 aromatic rings. The Kier molecular flexibility index (Phi) is 3.93. The molecule has 0 unspecified atom stereocenters. The molecule has 0 saturated heterocycles. The third-order valence-electron chi connectivity index (χ3n) is 1.41. The number of aldehydes is 1. The molecule has 2 nitrogen and oxygen atoms in total. The lowest BCUT2D eigenvalue weighted by Crippen LogP contribution is -1.80. The van der Waals surface area contributed by atoms with Crippen LogP contribution in [0, 0.1) is 0 Å². The third-order valence-corrected chi connectivity index (χ3v) is 2.19. The zero-order chi connectivity index (χ0) is 9.68. The van der Waals surface area contributed by atoms with Crippen molar-refractivity contribution < 1.29 is 4.79 Å². The molecular weight excluding hydrogens is 209 g/mol. The van der Waals surface area contributed by atoms with E-state index in [9.17, 15) is 4.79 Å². The van der Waals surface area contributed by atoms with Crippen LogP contribution in [0.15, 0.2) is 18.3 Å². The average molecular weight is 216 g/mol. The summed E-state index contributed by atoms with van der Waals surface area (Å²) in [6, 6.07) is 1.73. The van der Waals surface area contributed by atoms with Crippen LogP contribution >= 0.6 is 23.2 Å². The minimum Gasteiger partial charge on any atom is -0.303 e. The number of rotatable bonds is 3. The van der Waals surface area contributed by atoms with E-state index < -0.39 is 0 Å². The van der Waals surface area contributed by atoms with Gasteiger partial charge in [-0.3, -0.25) is 0 Å². The molecule has 1 heterocycles. The topological polar surface area (TPSA) is 30.0 Å². The molecule has 0 aliphatic heterocycles. The minimum atomic E-state index is 0.273. The zero-order valence-corrected chi connectivity index (χ0v) is 8.22. The van der Waals surface area contributed by atoms with E-state index in [0.717, 1.165) is 11.8 Å². The fraction of sp³-hybridized carbons (Fsp3) is 0.111. The summed E-state index contributed by atoms with van der Waals surface area (Å²) in [5.41, 5.74) is 0.767. The number of hydrogen-bond acceptors (Lipinski definition) is 2. The Balaban J connectivity index is 2.88. The van der Waals surface area contributed by atoms with Gasteiger partial charge in [0.1, 0.15) is 11.4 Å². The molecule has 0 aliphatic carbocycles. The number of aromatic nitrogens is 1. The summed E-state index contributed by atoms with van der Waals surface area (Å²) in [4.78, 5) is 13.8. The molecule has 0 N–H and O–H groups in total. The van der Waals surface area contributed by atoms with Crippen LogP contribution in [-0.4, -0.2) is 11.3 Å².